The molecule has 0 amide bonds. The molecule has 0 bridgehead atoms. The predicted molar refractivity (Wildman–Crippen MR) is 116 cm³/mol. The van der Waals surface area contributed by atoms with Crippen LogP contribution in [0.3, 0.4) is 0 Å². The zero-order chi connectivity index (χ0) is 21.5. The third-order valence-electron chi connectivity index (χ3n) is 5.85. The Labute approximate surface area is 186 Å². The summed E-state index contributed by atoms with van der Waals surface area (Å²) < 4.78 is 12.3. The number of halogens is 2. The maximum Gasteiger partial charge on any atom is 0.340 e. The van der Waals surface area contributed by atoms with E-state index >= 15 is 0 Å². The van der Waals surface area contributed by atoms with E-state index in [4.69, 9.17) is 32.7 Å². The Morgan fingerprint density at radius 1 is 0.839 bits per heavy atom. The summed E-state index contributed by atoms with van der Waals surface area (Å²) in [5.74, 6) is 0.0407. The fourth-order valence-electron chi connectivity index (χ4n) is 4.51. The SMILES string of the molecule is O=C1OC2(c3ccc(O)cc3Oc3c2ccc2c(Cl)c(O)c(Cl)cc32)c2ccccc21. The van der Waals surface area contributed by atoms with Gasteiger partial charge in [0.2, 0.25) is 0 Å². The molecule has 2 aliphatic rings. The van der Waals surface area contributed by atoms with E-state index in [-0.39, 0.29) is 21.5 Å². The minimum atomic E-state index is -1.27. The van der Waals surface area contributed by atoms with Crippen molar-refractivity contribution in [1.29, 1.82) is 0 Å². The number of carbonyl (C=O) groups is 1. The van der Waals surface area contributed by atoms with Gasteiger partial charge in [-0.25, -0.2) is 4.79 Å². The number of hydrogen-bond donors (Lipinski definition) is 2. The molecule has 31 heavy (non-hydrogen) atoms. The molecule has 4 aromatic carbocycles. The van der Waals surface area contributed by atoms with Gasteiger partial charge in [0.1, 0.15) is 17.2 Å². The molecule has 152 valence electrons. The lowest BCUT2D eigenvalue weighted by atomic mass is 9.77. The standard InChI is InChI=1S/C24H12Cl2O5/c25-18-10-14-12(20(26)21(18)28)6-8-17-22(14)30-19-9-11(27)5-7-16(19)24(17)15-4-2-1-3-13(15)23(29)31-24/h1-10,27-28H. The van der Waals surface area contributed by atoms with Crippen molar-refractivity contribution in [2.45, 2.75) is 5.60 Å². The molecule has 2 N–H and O–H groups in total. The molecule has 0 aromatic heterocycles. The van der Waals surface area contributed by atoms with Gasteiger partial charge in [-0.3, -0.25) is 0 Å². The second kappa shape index (κ2) is 6.06. The van der Waals surface area contributed by atoms with Crippen molar-refractivity contribution in [2.24, 2.45) is 0 Å². The van der Waals surface area contributed by atoms with E-state index in [2.05, 4.69) is 0 Å². The number of aromatic hydroxyl groups is 2. The van der Waals surface area contributed by atoms with Gasteiger partial charge in [0, 0.05) is 33.5 Å². The normalized spacial score (nSPS) is 18.3. The van der Waals surface area contributed by atoms with Crippen molar-refractivity contribution < 1.29 is 24.5 Å². The zero-order valence-corrected chi connectivity index (χ0v) is 17.2. The maximum absolute atomic E-state index is 12.9. The fourth-order valence-corrected chi connectivity index (χ4v) is 5.03. The third kappa shape index (κ3) is 2.25. The van der Waals surface area contributed by atoms with E-state index in [1.165, 1.54) is 12.1 Å². The summed E-state index contributed by atoms with van der Waals surface area (Å²) in [6.07, 6.45) is 0. The molecule has 2 aliphatic heterocycles. The number of phenolic OH excluding ortho intramolecular Hbond substituents is 2. The highest BCUT2D eigenvalue weighted by Crippen LogP contribution is 2.58. The molecular formula is C24H12Cl2O5. The van der Waals surface area contributed by atoms with Crippen LogP contribution in [0.2, 0.25) is 10.0 Å². The van der Waals surface area contributed by atoms with Crippen molar-refractivity contribution in [3.05, 3.63) is 93.0 Å². The van der Waals surface area contributed by atoms with Crippen molar-refractivity contribution >= 4 is 39.9 Å². The summed E-state index contributed by atoms with van der Waals surface area (Å²) in [5, 5.41) is 21.5. The van der Waals surface area contributed by atoms with E-state index in [0.29, 0.717) is 44.5 Å². The monoisotopic (exact) mass is 450 g/mol. The van der Waals surface area contributed by atoms with Crippen molar-refractivity contribution in [2.75, 3.05) is 0 Å². The van der Waals surface area contributed by atoms with Gasteiger partial charge in [0.05, 0.1) is 15.6 Å². The lowest BCUT2D eigenvalue weighted by Gasteiger charge is -2.37. The molecule has 4 aromatic rings. The van der Waals surface area contributed by atoms with Gasteiger partial charge in [-0.15, -0.1) is 0 Å². The summed E-state index contributed by atoms with van der Waals surface area (Å²) in [6.45, 7) is 0. The summed E-state index contributed by atoms with van der Waals surface area (Å²) in [6, 6.07) is 16.9. The topological polar surface area (TPSA) is 76.0 Å². The van der Waals surface area contributed by atoms with Gasteiger partial charge < -0.3 is 19.7 Å². The van der Waals surface area contributed by atoms with Gasteiger partial charge in [-0.1, -0.05) is 47.5 Å². The van der Waals surface area contributed by atoms with Crippen LogP contribution in [0.4, 0.5) is 0 Å². The van der Waals surface area contributed by atoms with Crippen LogP contribution >= 0.6 is 23.2 Å². The number of ether oxygens (including phenoxy) is 2. The third-order valence-corrected chi connectivity index (χ3v) is 6.52. The average molecular weight is 451 g/mol. The Morgan fingerprint density at radius 2 is 1.61 bits per heavy atom. The molecule has 1 unspecified atom stereocenters. The van der Waals surface area contributed by atoms with E-state index in [0.717, 1.165) is 0 Å². The second-order valence-corrected chi connectivity index (χ2v) is 8.24. The number of phenols is 2. The highest BCUT2D eigenvalue weighted by molar-refractivity contribution is 6.41. The Morgan fingerprint density at radius 3 is 2.45 bits per heavy atom. The number of rotatable bonds is 0. The molecule has 0 aliphatic carbocycles. The van der Waals surface area contributed by atoms with Crippen LogP contribution in [-0.4, -0.2) is 16.2 Å². The smallest absolute Gasteiger partial charge is 0.340 e. The molecule has 2 heterocycles. The molecule has 0 saturated heterocycles. The van der Waals surface area contributed by atoms with Gasteiger partial charge in [0.15, 0.2) is 11.4 Å². The van der Waals surface area contributed by atoms with Crippen LogP contribution in [0.5, 0.6) is 23.0 Å². The Balaban J connectivity index is 1.78. The highest BCUT2D eigenvalue weighted by atomic mass is 35.5. The molecule has 0 radical (unpaired) electrons. The average Bonchev–Trinajstić information content (AvgIpc) is 3.05. The molecule has 5 nitrogen and oxygen atoms in total. The maximum atomic E-state index is 12.9. The van der Waals surface area contributed by atoms with E-state index < -0.39 is 11.6 Å². The van der Waals surface area contributed by atoms with Crippen molar-refractivity contribution in [3.63, 3.8) is 0 Å². The first-order valence-electron chi connectivity index (χ1n) is 9.40. The van der Waals surface area contributed by atoms with Crippen LogP contribution in [0.25, 0.3) is 10.8 Å². The lowest BCUT2D eigenvalue weighted by molar-refractivity contribution is 0.0225. The molecule has 1 spiro atoms. The quantitative estimate of drug-likeness (QED) is 0.315. The minimum Gasteiger partial charge on any atom is -0.508 e. The Bertz CT molecular complexity index is 1460. The highest BCUT2D eigenvalue weighted by Gasteiger charge is 2.53. The summed E-state index contributed by atoms with van der Waals surface area (Å²) in [7, 11) is 0. The molecule has 6 rings (SSSR count). The minimum absolute atomic E-state index is 0.00362. The van der Waals surface area contributed by atoms with Crippen molar-refractivity contribution in [3.8, 4) is 23.0 Å². The number of hydrogen-bond acceptors (Lipinski definition) is 5. The first kappa shape index (κ1) is 18.4. The number of carbonyl (C=O) groups excluding carboxylic acids is 1. The zero-order valence-electron chi connectivity index (χ0n) is 15.6. The predicted octanol–water partition coefficient (Wildman–Crippen LogP) is 6.13. The van der Waals surface area contributed by atoms with E-state index in [9.17, 15) is 15.0 Å². The molecule has 0 saturated carbocycles. The van der Waals surface area contributed by atoms with Crippen LogP contribution in [0.15, 0.2) is 60.7 Å². The molecular weight excluding hydrogens is 439 g/mol. The van der Waals surface area contributed by atoms with Crippen molar-refractivity contribution in [1.82, 2.24) is 0 Å². The van der Waals surface area contributed by atoms with Crippen LogP contribution in [0, 0.1) is 0 Å². The van der Waals surface area contributed by atoms with E-state index in [1.54, 1.807) is 36.4 Å². The number of esters is 1. The largest absolute Gasteiger partial charge is 0.508 e. The number of benzene rings is 4. The molecule has 7 heteroatoms. The van der Waals surface area contributed by atoms with Gasteiger partial charge >= 0.3 is 5.97 Å². The summed E-state index contributed by atoms with van der Waals surface area (Å²) >= 11 is 12.5. The second-order valence-electron chi connectivity index (χ2n) is 7.46. The Kier molecular flexibility index (Phi) is 3.59. The van der Waals surface area contributed by atoms with Gasteiger partial charge in [0.25, 0.3) is 0 Å². The first-order chi connectivity index (χ1) is 14.9. The fraction of sp³-hybridized carbons (Fsp3) is 0.0417. The Hall–Kier alpha value is -3.41. The van der Waals surface area contributed by atoms with Crippen LogP contribution in [-0.2, 0) is 10.3 Å². The number of fused-ring (bicyclic) bond motifs is 8. The summed E-state index contributed by atoms with van der Waals surface area (Å²) in [5.41, 5.74) is 1.04. The summed E-state index contributed by atoms with van der Waals surface area (Å²) in [4.78, 5) is 12.9. The first-order valence-corrected chi connectivity index (χ1v) is 10.2. The van der Waals surface area contributed by atoms with Crippen LogP contribution in [0.1, 0.15) is 27.0 Å². The van der Waals surface area contributed by atoms with Gasteiger partial charge in [-0.05, 0) is 30.3 Å². The molecule has 0 fully saturated rings. The van der Waals surface area contributed by atoms with Gasteiger partial charge in [-0.2, -0.15) is 0 Å². The van der Waals surface area contributed by atoms with E-state index in [1.807, 2.05) is 12.1 Å². The lowest BCUT2D eigenvalue weighted by Crippen LogP contribution is -2.33. The molecule has 1 atom stereocenters. The van der Waals surface area contributed by atoms with Crippen LogP contribution < -0.4 is 4.74 Å².